The first-order valence-corrected chi connectivity index (χ1v) is 4.91. The van der Waals surface area contributed by atoms with Gasteiger partial charge >= 0.3 is 0 Å². The van der Waals surface area contributed by atoms with Gasteiger partial charge in [0.2, 0.25) is 5.88 Å². The molecule has 2 heterocycles. The molecule has 0 aliphatic carbocycles. The van der Waals surface area contributed by atoms with Crippen LogP contribution >= 0.6 is 0 Å². The Kier molecular flexibility index (Phi) is 2.47. The third-order valence-corrected chi connectivity index (χ3v) is 2.13. The zero-order valence-corrected chi connectivity index (χ0v) is 9.01. The van der Waals surface area contributed by atoms with Gasteiger partial charge in [-0.25, -0.2) is 0 Å². The van der Waals surface area contributed by atoms with Gasteiger partial charge in [-0.05, 0) is 13.8 Å². The number of rotatable bonds is 2. The minimum atomic E-state index is -0.389. The lowest BCUT2D eigenvalue weighted by Crippen LogP contribution is -2.06. The molecule has 2 rings (SSSR count). The summed E-state index contributed by atoms with van der Waals surface area (Å²) in [6.07, 6.45) is 3.36. The topological polar surface area (TPSA) is 83.8 Å². The van der Waals surface area contributed by atoms with E-state index in [0.717, 1.165) is 6.07 Å². The van der Waals surface area contributed by atoms with Crippen LogP contribution in [-0.2, 0) is 0 Å². The molecule has 16 heavy (non-hydrogen) atoms. The second-order valence-corrected chi connectivity index (χ2v) is 3.75. The molecule has 6 heteroatoms. The van der Waals surface area contributed by atoms with Crippen molar-refractivity contribution in [2.45, 2.75) is 19.9 Å². The number of hydrogen-bond donors (Lipinski definition) is 2. The van der Waals surface area contributed by atoms with E-state index < -0.39 is 0 Å². The van der Waals surface area contributed by atoms with Crippen molar-refractivity contribution in [2.75, 3.05) is 0 Å². The molecule has 2 N–H and O–H groups in total. The standard InChI is InChI=1S/C10H12N4O2/c1-6(2)14-5-7(4-11-14)10-12-8(15)3-9(16)13-10/h3-6H,1-2H3,(H2,12,13,15,16). The molecule has 0 fully saturated rings. The highest BCUT2D eigenvalue weighted by Crippen LogP contribution is 2.15. The van der Waals surface area contributed by atoms with Crippen LogP contribution in [-0.4, -0.2) is 24.9 Å². The third kappa shape index (κ3) is 1.95. The summed E-state index contributed by atoms with van der Waals surface area (Å²) in [7, 11) is 0. The summed E-state index contributed by atoms with van der Waals surface area (Å²) in [4.78, 5) is 17.5. The Balaban J connectivity index is 2.46. The Bertz CT molecular complexity index is 556. The Morgan fingerprint density at radius 1 is 1.50 bits per heavy atom. The van der Waals surface area contributed by atoms with Crippen LogP contribution in [0.1, 0.15) is 19.9 Å². The van der Waals surface area contributed by atoms with Gasteiger partial charge in [-0.15, -0.1) is 0 Å². The van der Waals surface area contributed by atoms with Crippen LogP contribution in [0.15, 0.2) is 23.3 Å². The normalized spacial score (nSPS) is 10.9. The van der Waals surface area contributed by atoms with Gasteiger partial charge in [-0.3, -0.25) is 9.48 Å². The molecule has 0 aliphatic rings. The van der Waals surface area contributed by atoms with Crippen LogP contribution in [0.3, 0.4) is 0 Å². The molecule has 0 saturated carbocycles. The summed E-state index contributed by atoms with van der Waals surface area (Å²) in [6.45, 7) is 3.99. The Morgan fingerprint density at radius 2 is 2.25 bits per heavy atom. The summed E-state index contributed by atoms with van der Waals surface area (Å²) < 4.78 is 1.75. The summed E-state index contributed by atoms with van der Waals surface area (Å²) >= 11 is 0. The van der Waals surface area contributed by atoms with Gasteiger partial charge in [0.25, 0.3) is 5.56 Å². The Hall–Kier alpha value is -2.11. The Morgan fingerprint density at radius 3 is 2.81 bits per heavy atom. The average molecular weight is 220 g/mol. The number of hydrogen-bond acceptors (Lipinski definition) is 4. The van der Waals surface area contributed by atoms with Crippen molar-refractivity contribution in [3.8, 4) is 17.3 Å². The maximum Gasteiger partial charge on any atom is 0.254 e. The largest absolute Gasteiger partial charge is 0.493 e. The van der Waals surface area contributed by atoms with E-state index in [-0.39, 0.29) is 17.5 Å². The fourth-order valence-corrected chi connectivity index (χ4v) is 1.32. The summed E-state index contributed by atoms with van der Waals surface area (Å²) in [5, 5.41) is 13.3. The van der Waals surface area contributed by atoms with Crippen LogP contribution < -0.4 is 5.56 Å². The molecular formula is C10H12N4O2. The van der Waals surface area contributed by atoms with Crippen molar-refractivity contribution in [2.24, 2.45) is 0 Å². The molecule has 0 unspecified atom stereocenters. The maximum atomic E-state index is 11.1. The number of aromatic nitrogens is 4. The van der Waals surface area contributed by atoms with Crippen LogP contribution in [0.5, 0.6) is 5.88 Å². The number of aromatic amines is 1. The van der Waals surface area contributed by atoms with Crippen molar-refractivity contribution in [3.05, 3.63) is 28.8 Å². The molecule has 0 radical (unpaired) electrons. The van der Waals surface area contributed by atoms with Crippen LogP contribution in [0.2, 0.25) is 0 Å². The lowest BCUT2D eigenvalue weighted by Gasteiger charge is -2.02. The van der Waals surface area contributed by atoms with Crippen molar-refractivity contribution < 1.29 is 5.11 Å². The molecule has 0 bridgehead atoms. The van der Waals surface area contributed by atoms with E-state index in [1.807, 2.05) is 13.8 Å². The fraction of sp³-hybridized carbons (Fsp3) is 0.300. The molecular weight excluding hydrogens is 208 g/mol. The van der Waals surface area contributed by atoms with Crippen molar-refractivity contribution in [1.29, 1.82) is 0 Å². The van der Waals surface area contributed by atoms with Gasteiger partial charge in [-0.1, -0.05) is 0 Å². The summed E-state index contributed by atoms with van der Waals surface area (Å²) in [5.74, 6) is 0.0212. The zero-order valence-electron chi connectivity index (χ0n) is 9.01. The first-order chi connectivity index (χ1) is 7.56. The first-order valence-electron chi connectivity index (χ1n) is 4.91. The Labute approximate surface area is 91.6 Å². The second-order valence-electron chi connectivity index (χ2n) is 3.75. The van der Waals surface area contributed by atoms with Crippen molar-refractivity contribution in [3.63, 3.8) is 0 Å². The molecule has 6 nitrogen and oxygen atoms in total. The van der Waals surface area contributed by atoms with E-state index >= 15 is 0 Å². The van der Waals surface area contributed by atoms with Crippen molar-refractivity contribution in [1.82, 2.24) is 19.7 Å². The highest BCUT2D eigenvalue weighted by Gasteiger charge is 2.07. The van der Waals surface area contributed by atoms with Crippen molar-refractivity contribution >= 4 is 0 Å². The van der Waals surface area contributed by atoms with Crippen LogP contribution in [0, 0.1) is 0 Å². The number of H-pyrrole nitrogens is 1. The van der Waals surface area contributed by atoms with E-state index in [4.69, 9.17) is 0 Å². The smallest absolute Gasteiger partial charge is 0.254 e. The van der Waals surface area contributed by atoms with E-state index in [2.05, 4.69) is 15.1 Å². The maximum absolute atomic E-state index is 11.1. The average Bonchev–Trinajstić information content (AvgIpc) is 2.64. The van der Waals surface area contributed by atoms with E-state index in [0.29, 0.717) is 11.4 Å². The zero-order chi connectivity index (χ0) is 11.7. The van der Waals surface area contributed by atoms with Gasteiger partial charge in [0, 0.05) is 12.2 Å². The monoisotopic (exact) mass is 220 g/mol. The second kappa shape index (κ2) is 3.80. The van der Waals surface area contributed by atoms with E-state index in [1.165, 1.54) is 0 Å². The molecule has 84 valence electrons. The first kappa shape index (κ1) is 10.4. The van der Waals surface area contributed by atoms with Gasteiger partial charge in [0.05, 0.1) is 17.8 Å². The number of nitrogens with zero attached hydrogens (tertiary/aromatic N) is 3. The van der Waals surface area contributed by atoms with E-state index in [9.17, 15) is 9.90 Å². The SMILES string of the molecule is CC(C)n1cc(-c2nc(O)cc(=O)[nH]2)cn1. The molecule has 0 atom stereocenters. The highest BCUT2D eigenvalue weighted by atomic mass is 16.3. The number of aromatic hydroxyl groups is 1. The summed E-state index contributed by atoms with van der Waals surface area (Å²) in [6, 6.07) is 1.26. The minimum absolute atomic E-state index is 0.234. The molecule has 2 aromatic heterocycles. The third-order valence-electron chi connectivity index (χ3n) is 2.13. The predicted molar refractivity (Wildman–Crippen MR) is 58.1 cm³/mol. The molecule has 0 amide bonds. The van der Waals surface area contributed by atoms with Gasteiger partial charge in [0.1, 0.15) is 5.82 Å². The van der Waals surface area contributed by atoms with Crippen LogP contribution in [0.4, 0.5) is 0 Å². The van der Waals surface area contributed by atoms with Gasteiger partial charge < -0.3 is 10.1 Å². The van der Waals surface area contributed by atoms with E-state index in [1.54, 1.807) is 17.1 Å². The lowest BCUT2D eigenvalue weighted by molar-refractivity contribution is 0.452. The predicted octanol–water partition coefficient (Wildman–Crippen LogP) is 0.920. The molecule has 0 aliphatic heterocycles. The quantitative estimate of drug-likeness (QED) is 0.788. The molecule has 0 spiro atoms. The van der Waals surface area contributed by atoms with Gasteiger partial charge in [-0.2, -0.15) is 10.1 Å². The highest BCUT2D eigenvalue weighted by molar-refractivity contribution is 5.52. The summed E-state index contributed by atoms with van der Waals surface area (Å²) in [5.41, 5.74) is 0.279. The number of nitrogens with one attached hydrogen (secondary N) is 1. The van der Waals surface area contributed by atoms with Gasteiger partial charge in [0.15, 0.2) is 0 Å². The minimum Gasteiger partial charge on any atom is -0.493 e. The lowest BCUT2D eigenvalue weighted by atomic mass is 10.3. The van der Waals surface area contributed by atoms with Crippen LogP contribution in [0.25, 0.3) is 11.4 Å². The molecule has 0 saturated heterocycles. The molecule has 0 aromatic carbocycles. The molecule has 2 aromatic rings. The fourth-order valence-electron chi connectivity index (χ4n) is 1.32.